The lowest BCUT2D eigenvalue weighted by atomic mass is 10.0. The summed E-state index contributed by atoms with van der Waals surface area (Å²) in [5.74, 6) is 0. The first-order valence-corrected chi connectivity index (χ1v) is 11.7. The zero-order valence-electron chi connectivity index (χ0n) is 18.5. The van der Waals surface area contributed by atoms with Crippen molar-refractivity contribution in [2.24, 2.45) is 0 Å². The van der Waals surface area contributed by atoms with Crippen molar-refractivity contribution >= 4 is 5.69 Å². The molecule has 0 aliphatic heterocycles. The first-order valence-electron chi connectivity index (χ1n) is 11.7. The van der Waals surface area contributed by atoms with E-state index in [1.54, 1.807) is 0 Å². The van der Waals surface area contributed by atoms with Gasteiger partial charge in [0.25, 0.3) is 0 Å². The van der Waals surface area contributed by atoms with Gasteiger partial charge in [-0.25, -0.2) is 0 Å². The van der Waals surface area contributed by atoms with Crippen LogP contribution in [-0.2, 0) is 0 Å². The number of halogens is 1. The molecule has 1 rings (SSSR count). The molecule has 1 nitrogen and oxygen atoms in total. The Morgan fingerprint density at radius 1 is 0.556 bits per heavy atom. The van der Waals surface area contributed by atoms with Gasteiger partial charge in [-0.05, 0) is 38.8 Å². The zero-order valence-corrected chi connectivity index (χ0v) is 19.3. The van der Waals surface area contributed by atoms with Crippen molar-refractivity contribution in [1.29, 1.82) is 0 Å². The lowest BCUT2D eigenvalue weighted by Crippen LogP contribution is -3.00. The van der Waals surface area contributed by atoms with Crippen LogP contribution in [0.5, 0.6) is 0 Å². The predicted octanol–water partition coefficient (Wildman–Crippen LogP) is 5.13. The molecule has 0 N–H and O–H groups in total. The number of unbranched alkanes of at least 4 members (excludes halogenated alkanes) is 12. The molecule has 0 heterocycles. The van der Waals surface area contributed by atoms with Gasteiger partial charge < -0.3 is 12.4 Å². The smallest absolute Gasteiger partial charge is 0.132 e. The standard InChI is InChI=1S/C25H46N.ClH/c1-4-7-8-9-10-11-12-13-14-15-16-17-21-24-26(5-2,6-3)25-22-19-18-20-23-25;/h18-20,22-23H,4-17,21,24H2,1-3H3;1H/q+1;/p-1. The molecule has 0 unspecified atom stereocenters. The largest absolute Gasteiger partial charge is 1.00 e. The molecule has 0 fully saturated rings. The van der Waals surface area contributed by atoms with E-state index >= 15 is 0 Å². The number of hydrogen-bond acceptors (Lipinski definition) is 0. The lowest BCUT2D eigenvalue weighted by Gasteiger charge is -2.36. The molecule has 0 bridgehead atoms. The SMILES string of the molecule is CCCCCCCCCCCCCCC[N+](CC)(CC)c1ccccc1.[Cl-]. The minimum atomic E-state index is 0. The van der Waals surface area contributed by atoms with E-state index in [4.69, 9.17) is 0 Å². The molecule has 0 radical (unpaired) electrons. The minimum absolute atomic E-state index is 0. The van der Waals surface area contributed by atoms with Gasteiger partial charge in [0.15, 0.2) is 0 Å². The maximum atomic E-state index is 2.35. The topological polar surface area (TPSA) is 0 Å². The molecular formula is C25H46ClN. The molecule has 2 heteroatoms. The molecule has 0 aromatic heterocycles. The van der Waals surface area contributed by atoms with Crippen LogP contribution in [0.2, 0.25) is 0 Å². The van der Waals surface area contributed by atoms with Crippen LogP contribution in [0.1, 0.15) is 104 Å². The lowest BCUT2D eigenvalue weighted by molar-refractivity contribution is -0.00000571. The summed E-state index contributed by atoms with van der Waals surface area (Å²) >= 11 is 0. The van der Waals surface area contributed by atoms with Crippen molar-refractivity contribution in [2.75, 3.05) is 19.6 Å². The minimum Gasteiger partial charge on any atom is -1.00 e. The van der Waals surface area contributed by atoms with Crippen LogP contribution >= 0.6 is 0 Å². The highest BCUT2D eigenvalue weighted by molar-refractivity contribution is 5.42. The average Bonchev–Trinajstić information content (AvgIpc) is 2.69. The fourth-order valence-electron chi connectivity index (χ4n) is 4.21. The van der Waals surface area contributed by atoms with E-state index in [2.05, 4.69) is 51.1 Å². The van der Waals surface area contributed by atoms with E-state index in [-0.39, 0.29) is 12.4 Å². The van der Waals surface area contributed by atoms with Crippen LogP contribution in [0.15, 0.2) is 30.3 Å². The van der Waals surface area contributed by atoms with E-state index in [1.807, 2.05) is 0 Å². The van der Waals surface area contributed by atoms with E-state index in [9.17, 15) is 0 Å². The van der Waals surface area contributed by atoms with Gasteiger partial charge in [0.05, 0.1) is 19.6 Å². The molecule has 0 saturated carbocycles. The molecule has 1 aromatic carbocycles. The third-order valence-corrected chi connectivity index (χ3v) is 6.20. The maximum absolute atomic E-state index is 2.35. The van der Waals surface area contributed by atoms with Gasteiger partial charge >= 0.3 is 0 Å². The summed E-state index contributed by atoms with van der Waals surface area (Å²) in [7, 11) is 0. The molecule has 1 aromatic rings. The van der Waals surface area contributed by atoms with E-state index in [0.717, 1.165) is 4.48 Å². The monoisotopic (exact) mass is 395 g/mol. The first kappa shape index (κ1) is 26.5. The molecule has 0 aliphatic carbocycles. The van der Waals surface area contributed by atoms with Crippen LogP contribution in [0, 0.1) is 0 Å². The molecule has 0 saturated heterocycles. The first-order chi connectivity index (χ1) is 12.8. The number of quaternary nitrogens is 1. The predicted molar refractivity (Wildman–Crippen MR) is 120 cm³/mol. The van der Waals surface area contributed by atoms with Gasteiger partial charge in [-0.15, -0.1) is 0 Å². The summed E-state index contributed by atoms with van der Waals surface area (Å²) in [6.07, 6.45) is 18.7. The van der Waals surface area contributed by atoms with Crippen molar-refractivity contribution in [3.8, 4) is 0 Å². The number of hydrogen-bond donors (Lipinski definition) is 0. The molecule has 27 heavy (non-hydrogen) atoms. The van der Waals surface area contributed by atoms with Crippen molar-refractivity contribution < 1.29 is 12.4 Å². The Hall–Kier alpha value is -0.530. The summed E-state index contributed by atoms with van der Waals surface area (Å²) in [5.41, 5.74) is 1.50. The van der Waals surface area contributed by atoms with Crippen molar-refractivity contribution in [3.05, 3.63) is 30.3 Å². The van der Waals surface area contributed by atoms with Gasteiger partial charge in [0.1, 0.15) is 5.69 Å². The molecule has 0 aliphatic rings. The van der Waals surface area contributed by atoms with Crippen LogP contribution in [0.4, 0.5) is 5.69 Å². The average molecular weight is 396 g/mol. The summed E-state index contributed by atoms with van der Waals surface area (Å²) in [6.45, 7) is 10.7. The Morgan fingerprint density at radius 2 is 0.963 bits per heavy atom. The second-order valence-electron chi connectivity index (χ2n) is 8.08. The number of nitrogens with zero attached hydrogens (tertiary/aromatic N) is 1. The molecular weight excluding hydrogens is 350 g/mol. The molecule has 158 valence electrons. The Labute approximate surface area is 176 Å². The highest BCUT2D eigenvalue weighted by Gasteiger charge is 2.25. The second-order valence-corrected chi connectivity index (χ2v) is 8.08. The number of rotatable bonds is 17. The van der Waals surface area contributed by atoms with Gasteiger partial charge in [0, 0.05) is 0 Å². The number of benzene rings is 1. The summed E-state index contributed by atoms with van der Waals surface area (Å²) in [6, 6.07) is 11.1. The third kappa shape index (κ3) is 11.2. The van der Waals surface area contributed by atoms with Gasteiger partial charge in [-0.3, -0.25) is 4.48 Å². The van der Waals surface area contributed by atoms with Crippen LogP contribution < -0.4 is 16.9 Å². The van der Waals surface area contributed by atoms with Gasteiger partial charge in [-0.1, -0.05) is 95.8 Å². The Bertz CT molecular complexity index is 414. The Balaban J connectivity index is 0.00000676. The molecule has 0 amide bonds. The zero-order chi connectivity index (χ0) is 18.9. The van der Waals surface area contributed by atoms with Gasteiger partial charge in [-0.2, -0.15) is 0 Å². The quantitative estimate of drug-likeness (QED) is 0.253. The summed E-state index contributed by atoms with van der Waals surface area (Å²) in [5, 5.41) is 0. The Kier molecular flexibility index (Phi) is 17.2. The highest BCUT2D eigenvalue weighted by atomic mass is 35.5. The van der Waals surface area contributed by atoms with Crippen LogP contribution in [0.25, 0.3) is 0 Å². The van der Waals surface area contributed by atoms with E-state index < -0.39 is 0 Å². The summed E-state index contributed by atoms with van der Waals surface area (Å²) < 4.78 is 1.15. The van der Waals surface area contributed by atoms with Gasteiger partial charge in [0.2, 0.25) is 0 Å². The van der Waals surface area contributed by atoms with Crippen LogP contribution in [0.3, 0.4) is 0 Å². The van der Waals surface area contributed by atoms with Crippen molar-refractivity contribution in [1.82, 2.24) is 4.48 Å². The van der Waals surface area contributed by atoms with Crippen LogP contribution in [-0.4, -0.2) is 19.6 Å². The maximum Gasteiger partial charge on any atom is 0.132 e. The fraction of sp³-hybridized carbons (Fsp3) is 0.760. The normalized spacial score (nSPS) is 11.4. The second kappa shape index (κ2) is 17.6. The Morgan fingerprint density at radius 3 is 1.37 bits per heavy atom. The van der Waals surface area contributed by atoms with E-state index in [1.165, 1.54) is 109 Å². The highest BCUT2D eigenvalue weighted by Crippen LogP contribution is 2.24. The van der Waals surface area contributed by atoms with E-state index in [0.29, 0.717) is 0 Å². The third-order valence-electron chi connectivity index (χ3n) is 6.20. The molecule has 0 spiro atoms. The van der Waals surface area contributed by atoms with Crippen molar-refractivity contribution in [3.63, 3.8) is 0 Å². The fourth-order valence-corrected chi connectivity index (χ4v) is 4.21. The van der Waals surface area contributed by atoms with Crippen molar-refractivity contribution in [2.45, 2.75) is 104 Å². The summed E-state index contributed by atoms with van der Waals surface area (Å²) in [4.78, 5) is 0. The molecule has 0 atom stereocenters. The number of para-hydroxylation sites is 1.